The van der Waals surface area contributed by atoms with Gasteiger partial charge in [-0.15, -0.1) is 0 Å². The Morgan fingerprint density at radius 1 is 0.545 bits per heavy atom. The molecule has 0 saturated carbocycles. The molecule has 0 fully saturated rings. The molecule has 12 nitrogen and oxygen atoms in total. The van der Waals surface area contributed by atoms with E-state index in [0.29, 0.717) is 26.4 Å². The maximum absolute atomic E-state index is 14.0. The first kappa shape index (κ1) is 41.7. The molecular weight excluding hydrogens is 635 g/mol. The van der Waals surface area contributed by atoms with Gasteiger partial charge in [0.05, 0.1) is 66.1 Å². The highest BCUT2D eigenvalue weighted by atomic mass is 19.4. The molecule has 0 aliphatic rings. The summed E-state index contributed by atoms with van der Waals surface area (Å²) in [5.74, 6) is -19.9. The van der Waals surface area contributed by atoms with Gasteiger partial charge in [-0.1, -0.05) is 0 Å². The third kappa shape index (κ3) is 16.1. The van der Waals surface area contributed by atoms with Crippen LogP contribution in [0.3, 0.4) is 0 Å². The summed E-state index contributed by atoms with van der Waals surface area (Å²) in [4.78, 5) is 24.0. The first-order valence-electron chi connectivity index (χ1n) is 12.9. The summed E-state index contributed by atoms with van der Waals surface area (Å²) in [6.45, 7) is 0.564. The molecule has 2 N–H and O–H groups in total. The molecule has 0 heterocycles. The van der Waals surface area contributed by atoms with E-state index < -0.39 is 68.4 Å². The molecule has 0 saturated heterocycles. The van der Waals surface area contributed by atoms with Crippen LogP contribution in [0.15, 0.2) is 0 Å². The van der Waals surface area contributed by atoms with E-state index >= 15 is 0 Å². The van der Waals surface area contributed by atoms with Crippen LogP contribution in [-0.4, -0.2) is 136 Å². The van der Waals surface area contributed by atoms with Crippen LogP contribution >= 0.6 is 0 Å². The van der Waals surface area contributed by atoms with Crippen LogP contribution < -0.4 is 10.6 Å². The van der Waals surface area contributed by atoms with Crippen molar-refractivity contribution in [1.82, 2.24) is 10.6 Å². The van der Waals surface area contributed by atoms with Gasteiger partial charge in [0.25, 0.3) is 0 Å². The van der Waals surface area contributed by atoms with Crippen molar-refractivity contribution in [2.24, 2.45) is 0 Å². The van der Waals surface area contributed by atoms with Gasteiger partial charge >= 0.3 is 36.1 Å². The Morgan fingerprint density at radius 2 is 0.886 bits per heavy atom. The van der Waals surface area contributed by atoms with Crippen LogP contribution in [0, 0.1) is 0 Å². The van der Waals surface area contributed by atoms with Crippen molar-refractivity contribution in [2.45, 2.75) is 43.0 Å². The number of alkyl carbamates (subject to hydrolysis) is 2. The minimum Gasteiger partial charge on any atom is -0.447 e. The third-order valence-corrected chi connectivity index (χ3v) is 5.07. The van der Waals surface area contributed by atoms with Gasteiger partial charge in [0.2, 0.25) is 0 Å². The molecule has 0 aromatic carbocycles. The highest BCUT2D eigenvalue weighted by Gasteiger charge is 2.81. The van der Waals surface area contributed by atoms with E-state index in [-0.39, 0.29) is 39.6 Å². The van der Waals surface area contributed by atoms with Gasteiger partial charge in [-0.25, -0.2) is 9.59 Å². The van der Waals surface area contributed by atoms with Crippen LogP contribution in [0.2, 0.25) is 0 Å². The quantitative estimate of drug-likeness (QED) is 0.0846. The Balaban J connectivity index is 5.00. The lowest BCUT2D eigenvalue weighted by Crippen LogP contribution is -2.61. The minimum absolute atomic E-state index is 0.0844. The minimum atomic E-state index is -7.10. The fourth-order valence-corrected chi connectivity index (χ4v) is 2.75. The van der Waals surface area contributed by atoms with E-state index in [4.69, 9.17) is 28.4 Å². The lowest BCUT2D eigenvalue weighted by atomic mass is 9.99. The molecule has 21 heteroatoms. The molecule has 0 spiro atoms. The second-order valence-corrected chi connectivity index (χ2v) is 8.44. The predicted octanol–water partition coefficient (Wildman–Crippen LogP) is 3.37. The predicted molar refractivity (Wildman–Crippen MR) is 130 cm³/mol. The molecule has 0 radical (unpaired) electrons. The van der Waals surface area contributed by atoms with E-state index in [2.05, 4.69) is 9.47 Å². The first-order chi connectivity index (χ1) is 20.5. The van der Waals surface area contributed by atoms with Gasteiger partial charge in [-0.05, 0) is 6.42 Å². The summed E-state index contributed by atoms with van der Waals surface area (Å²) >= 11 is 0. The highest BCUT2D eigenvalue weighted by Crippen LogP contribution is 2.54. The van der Waals surface area contributed by atoms with Crippen molar-refractivity contribution in [3.05, 3.63) is 0 Å². The maximum Gasteiger partial charge on any atom is 0.460 e. The zero-order valence-corrected chi connectivity index (χ0v) is 24.0. The number of rotatable bonds is 25. The molecule has 0 atom stereocenters. The Bertz CT molecular complexity index is 760. The van der Waals surface area contributed by atoms with E-state index in [0.717, 1.165) is 0 Å². The number of carbonyl (C=O) groups excluding carboxylic acids is 2. The van der Waals surface area contributed by atoms with E-state index in [1.807, 2.05) is 0 Å². The third-order valence-electron chi connectivity index (χ3n) is 5.07. The molecule has 0 aromatic rings. The van der Waals surface area contributed by atoms with E-state index in [9.17, 15) is 49.1 Å². The summed E-state index contributed by atoms with van der Waals surface area (Å²) in [6, 6.07) is 0. The summed E-state index contributed by atoms with van der Waals surface area (Å²) in [6.07, 6.45) is -15.7. The molecule has 0 bridgehead atoms. The van der Waals surface area contributed by atoms with Gasteiger partial charge in [0.15, 0.2) is 0 Å². The Morgan fingerprint density at radius 3 is 1.23 bits per heavy atom. The van der Waals surface area contributed by atoms with Crippen molar-refractivity contribution in [3.8, 4) is 0 Å². The molecular formula is C23H37F9N2O10. The van der Waals surface area contributed by atoms with Crippen LogP contribution in [-0.2, 0) is 37.9 Å². The summed E-state index contributed by atoms with van der Waals surface area (Å²) < 4.78 is 158. The monoisotopic (exact) mass is 672 g/mol. The summed E-state index contributed by atoms with van der Waals surface area (Å²) in [5.41, 5.74) is 0. The number of nitrogens with one attached hydrogen (secondary N) is 2. The Hall–Kier alpha value is -2.33. The van der Waals surface area contributed by atoms with Crippen molar-refractivity contribution < 1.29 is 87.0 Å². The number of methoxy groups -OCH3 is 2. The lowest BCUT2D eigenvalue weighted by molar-refractivity contribution is -0.396. The highest BCUT2D eigenvalue weighted by molar-refractivity contribution is 5.70. The number of carbonyl (C=O) groups is 2. The lowest BCUT2D eigenvalue weighted by Gasteiger charge is -2.34. The SMILES string of the molecule is COCCOCCOCCOC(=O)NC(CCC(F)(F)C(F)(F)C(F)(F)C(F)(F)F)NC(=O)OCCOCCOCCOC. The zero-order valence-electron chi connectivity index (χ0n) is 24.0. The molecule has 44 heavy (non-hydrogen) atoms. The van der Waals surface area contributed by atoms with Gasteiger partial charge in [0.1, 0.15) is 19.4 Å². The molecule has 0 aliphatic heterocycles. The van der Waals surface area contributed by atoms with Crippen LogP contribution in [0.4, 0.5) is 49.1 Å². The normalized spacial score (nSPS) is 12.8. The second-order valence-electron chi connectivity index (χ2n) is 8.44. The average Bonchev–Trinajstić information content (AvgIpc) is 2.93. The van der Waals surface area contributed by atoms with Crippen molar-refractivity contribution in [1.29, 1.82) is 0 Å². The molecule has 0 aliphatic carbocycles. The largest absolute Gasteiger partial charge is 0.460 e. The Labute approximate surface area is 247 Å². The van der Waals surface area contributed by atoms with Gasteiger partial charge in [0, 0.05) is 20.6 Å². The fraction of sp³-hybridized carbons (Fsp3) is 0.913. The second kappa shape index (κ2) is 21.4. The molecule has 2 amide bonds. The topological polar surface area (TPSA) is 132 Å². The van der Waals surface area contributed by atoms with Crippen molar-refractivity contribution in [3.63, 3.8) is 0 Å². The number of ether oxygens (including phenoxy) is 8. The molecule has 0 rings (SSSR count). The number of hydrogen-bond donors (Lipinski definition) is 2. The van der Waals surface area contributed by atoms with Crippen LogP contribution in [0.1, 0.15) is 12.8 Å². The van der Waals surface area contributed by atoms with E-state index in [1.54, 1.807) is 10.6 Å². The van der Waals surface area contributed by atoms with Gasteiger partial charge in [-0.2, -0.15) is 39.5 Å². The zero-order chi connectivity index (χ0) is 33.7. The molecule has 0 aromatic heterocycles. The number of alkyl halides is 9. The van der Waals surface area contributed by atoms with Gasteiger partial charge in [-0.3, -0.25) is 0 Å². The fourth-order valence-electron chi connectivity index (χ4n) is 2.75. The van der Waals surface area contributed by atoms with Gasteiger partial charge < -0.3 is 48.5 Å². The first-order valence-corrected chi connectivity index (χ1v) is 12.9. The van der Waals surface area contributed by atoms with Crippen molar-refractivity contribution >= 4 is 12.2 Å². The van der Waals surface area contributed by atoms with Crippen LogP contribution in [0.25, 0.3) is 0 Å². The molecule has 0 unspecified atom stereocenters. The number of amides is 2. The standard InChI is InChI=1S/C23H37F9N2O10/c1-37-5-7-39-9-11-41-13-15-43-18(35)33-17(34-19(36)44-16-14-42-12-10-40-8-6-38-2)3-4-20(24,25)21(26,27)22(28,29)23(30,31)32/h17H,3-16H2,1-2H3,(H,33,35)(H,34,36). The van der Waals surface area contributed by atoms with Crippen LogP contribution in [0.5, 0.6) is 0 Å². The average molecular weight is 673 g/mol. The van der Waals surface area contributed by atoms with E-state index in [1.165, 1.54) is 14.2 Å². The Kier molecular flexibility index (Phi) is 20.3. The van der Waals surface area contributed by atoms with Crippen molar-refractivity contribution in [2.75, 3.05) is 93.5 Å². The summed E-state index contributed by atoms with van der Waals surface area (Å²) in [7, 11) is 2.94. The number of hydrogen-bond acceptors (Lipinski definition) is 10. The number of halogens is 9. The smallest absolute Gasteiger partial charge is 0.447 e. The summed E-state index contributed by atoms with van der Waals surface area (Å²) in [5, 5.41) is 3.58. The maximum atomic E-state index is 14.0. The molecule has 262 valence electrons.